The number of anilines is 1. The molecule has 0 aliphatic rings. The smallest absolute Gasteiger partial charge is 0.312 e. The summed E-state index contributed by atoms with van der Waals surface area (Å²) in [6.07, 6.45) is -0.0637. The average molecular weight is 496 g/mol. The zero-order valence-electron chi connectivity index (χ0n) is 21.1. The zero-order valence-corrected chi connectivity index (χ0v) is 21.9. The molecule has 0 aliphatic carbocycles. The lowest BCUT2D eigenvalue weighted by Gasteiger charge is -2.25. The predicted octanol–water partition coefficient (Wildman–Crippen LogP) is 5.37. The van der Waals surface area contributed by atoms with Crippen molar-refractivity contribution in [3.8, 4) is 22.3 Å². The van der Waals surface area contributed by atoms with Gasteiger partial charge in [0, 0.05) is 25.1 Å². The molecule has 0 aromatic heterocycles. The summed E-state index contributed by atoms with van der Waals surface area (Å²) in [4.78, 5) is 12.7. The minimum atomic E-state index is -2.02. The maximum atomic E-state index is 12.7. The summed E-state index contributed by atoms with van der Waals surface area (Å²) < 4.78 is 26.5. The van der Waals surface area contributed by atoms with Crippen molar-refractivity contribution in [2.75, 3.05) is 5.73 Å². The van der Waals surface area contributed by atoms with Crippen LogP contribution in [0.1, 0.15) is 47.2 Å². The number of hydrogen-bond acceptors (Lipinski definition) is 5. The third-order valence-electron chi connectivity index (χ3n) is 6.01. The second-order valence-electron chi connectivity index (χ2n) is 9.48. The number of aryl methyl sites for hydroxylation is 2. The van der Waals surface area contributed by atoms with Gasteiger partial charge in [-0.2, -0.15) is 0 Å². The van der Waals surface area contributed by atoms with E-state index in [1.54, 1.807) is 0 Å². The molecule has 0 bridgehead atoms. The van der Waals surface area contributed by atoms with Crippen LogP contribution in [0.3, 0.4) is 0 Å². The van der Waals surface area contributed by atoms with Gasteiger partial charge in [0.15, 0.2) is 11.1 Å². The van der Waals surface area contributed by atoms with Crippen LogP contribution < -0.4 is 5.73 Å². The molecular formula is C28H33NO5S. The molecule has 0 spiro atoms. The number of ether oxygens (including phenoxy) is 1. The molecule has 3 aromatic carbocycles. The Morgan fingerprint density at radius 1 is 0.971 bits per heavy atom. The highest BCUT2D eigenvalue weighted by Gasteiger charge is 2.26. The summed E-state index contributed by atoms with van der Waals surface area (Å²) in [6, 6.07) is 13.8. The molecule has 0 heterocycles. The topological polar surface area (TPSA) is 110 Å². The van der Waals surface area contributed by atoms with E-state index in [9.17, 15) is 18.7 Å². The number of carbonyl (C=O) groups excluding carboxylic acids is 1. The Morgan fingerprint density at radius 2 is 1.57 bits per heavy atom. The van der Waals surface area contributed by atoms with Crippen LogP contribution in [0, 0.1) is 27.7 Å². The molecule has 3 aromatic rings. The molecule has 0 amide bonds. The van der Waals surface area contributed by atoms with Crippen LogP contribution in [0.15, 0.2) is 42.5 Å². The second-order valence-corrected chi connectivity index (χ2v) is 10.4. The fourth-order valence-corrected chi connectivity index (χ4v) is 4.95. The Labute approximate surface area is 209 Å². The zero-order chi connectivity index (χ0) is 26.1. The average Bonchev–Trinajstić information content (AvgIpc) is 2.73. The van der Waals surface area contributed by atoms with Crippen LogP contribution in [-0.2, 0) is 32.8 Å². The highest BCUT2D eigenvalue weighted by Crippen LogP contribution is 2.43. The van der Waals surface area contributed by atoms with Gasteiger partial charge in [-0.15, -0.1) is 0 Å². The molecule has 4 N–H and O–H groups in total. The quantitative estimate of drug-likeness (QED) is 0.176. The minimum absolute atomic E-state index is 0.0194. The van der Waals surface area contributed by atoms with E-state index >= 15 is 0 Å². The highest BCUT2D eigenvalue weighted by atomic mass is 32.2. The molecule has 0 radical (unpaired) electrons. The number of aliphatic hydroxyl groups is 1. The van der Waals surface area contributed by atoms with Crippen molar-refractivity contribution in [3.63, 3.8) is 0 Å². The maximum absolute atomic E-state index is 12.7. The summed E-state index contributed by atoms with van der Waals surface area (Å²) in [5.74, 6) is -2.17. The minimum Gasteiger partial charge on any atom is -0.434 e. The lowest BCUT2D eigenvalue weighted by Crippen LogP contribution is -2.28. The fraction of sp³-hybridized carbons (Fsp3) is 0.321. The van der Waals surface area contributed by atoms with Crippen molar-refractivity contribution in [2.24, 2.45) is 0 Å². The van der Waals surface area contributed by atoms with Crippen LogP contribution in [0.2, 0.25) is 0 Å². The van der Waals surface area contributed by atoms with Crippen molar-refractivity contribution in [1.82, 2.24) is 0 Å². The van der Waals surface area contributed by atoms with Gasteiger partial charge in [-0.1, -0.05) is 53.6 Å². The first-order valence-electron chi connectivity index (χ1n) is 11.4. The van der Waals surface area contributed by atoms with E-state index in [0.717, 1.165) is 55.6 Å². The molecule has 1 unspecified atom stereocenters. The van der Waals surface area contributed by atoms with E-state index in [0.29, 0.717) is 5.69 Å². The van der Waals surface area contributed by atoms with Crippen LogP contribution in [0.25, 0.3) is 22.3 Å². The van der Waals surface area contributed by atoms with Crippen LogP contribution in [0.4, 0.5) is 5.69 Å². The van der Waals surface area contributed by atoms with E-state index in [1.807, 2.05) is 70.2 Å². The molecule has 0 saturated carbocycles. The lowest BCUT2D eigenvalue weighted by molar-refractivity contribution is -0.194. The van der Waals surface area contributed by atoms with Gasteiger partial charge in [0.1, 0.15) is 0 Å². The van der Waals surface area contributed by atoms with Gasteiger partial charge in [-0.05, 0) is 66.6 Å². The molecule has 3 rings (SSSR count). The monoisotopic (exact) mass is 495 g/mol. The van der Waals surface area contributed by atoms with Crippen LogP contribution >= 0.6 is 0 Å². The van der Waals surface area contributed by atoms with E-state index in [2.05, 4.69) is 0 Å². The first-order chi connectivity index (χ1) is 16.3. The Bertz CT molecular complexity index is 1290. The first kappa shape index (κ1) is 26.6. The number of esters is 1. The van der Waals surface area contributed by atoms with Gasteiger partial charge < -0.3 is 20.1 Å². The summed E-state index contributed by atoms with van der Waals surface area (Å²) in [5, 5.41) is 9.97. The normalized spacial score (nSPS) is 12.5. The molecule has 186 valence electrons. The van der Waals surface area contributed by atoms with E-state index in [-0.39, 0.29) is 12.2 Å². The van der Waals surface area contributed by atoms with Crippen molar-refractivity contribution in [1.29, 1.82) is 0 Å². The van der Waals surface area contributed by atoms with Crippen molar-refractivity contribution >= 4 is 22.7 Å². The third-order valence-corrected chi connectivity index (χ3v) is 6.57. The number of nitrogen functional groups attached to an aromatic ring is 1. The van der Waals surface area contributed by atoms with Crippen molar-refractivity contribution in [2.45, 2.75) is 59.5 Å². The predicted molar refractivity (Wildman–Crippen MR) is 141 cm³/mol. The van der Waals surface area contributed by atoms with Crippen molar-refractivity contribution in [3.05, 3.63) is 75.8 Å². The van der Waals surface area contributed by atoms with Crippen molar-refractivity contribution < 1.29 is 23.4 Å². The number of nitrogens with two attached hydrogens (primary N) is 1. The van der Waals surface area contributed by atoms with Gasteiger partial charge in [0.2, 0.25) is 5.79 Å². The standard InChI is InChI=1S/C28H33NO5S/c1-16-7-10-20(11-8-16)25-19(4)26(22-12-9-17(2)13-21(22)15-35(32)33)27(29)18(3)23(25)14-24(30)34-28(5,6)31/h7-13,31H,14-15,29H2,1-6H3,(H,32,33). The Morgan fingerprint density at radius 3 is 2.14 bits per heavy atom. The van der Waals surface area contributed by atoms with Crippen LogP contribution in [0.5, 0.6) is 0 Å². The number of rotatable bonds is 7. The molecule has 7 heteroatoms. The SMILES string of the molecule is Cc1ccc(-c2c(C)c(-c3ccc(C)cc3CS(=O)O)c(N)c(C)c2CC(=O)OC(C)(C)O)cc1. The summed E-state index contributed by atoms with van der Waals surface area (Å²) in [6.45, 7) is 10.6. The van der Waals surface area contributed by atoms with Gasteiger partial charge in [0.05, 0.1) is 12.2 Å². The molecular weight excluding hydrogens is 462 g/mol. The van der Waals surface area contributed by atoms with E-state index in [1.165, 1.54) is 13.8 Å². The van der Waals surface area contributed by atoms with Gasteiger partial charge >= 0.3 is 5.97 Å². The van der Waals surface area contributed by atoms with Crippen LogP contribution in [-0.4, -0.2) is 25.6 Å². The maximum Gasteiger partial charge on any atom is 0.312 e. The molecule has 0 aliphatic heterocycles. The second kappa shape index (κ2) is 10.3. The summed E-state index contributed by atoms with van der Waals surface area (Å²) >= 11 is -2.02. The summed E-state index contributed by atoms with van der Waals surface area (Å²) in [7, 11) is 0. The number of carbonyl (C=O) groups is 1. The third kappa shape index (κ3) is 6.17. The number of benzene rings is 3. The molecule has 0 saturated heterocycles. The highest BCUT2D eigenvalue weighted by molar-refractivity contribution is 7.78. The van der Waals surface area contributed by atoms with E-state index in [4.69, 9.17) is 10.5 Å². The molecule has 0 fully saturated rings. The molecule has 35 heavy (non-hydrogen) atoms. The Balaban J connectivity index is 2.33. The first-order valence-corrected chi connectivity index (χ1v) is 12.7. The van der Waals surface area contributed by atoms with E-state index < -0.39 is 22.8 Å². The molecule has 6 nitrogen and oxygen atoms in total. The van der Waals surface area contributed by atoms with Gasteiger partial charge in [-0.3, -0.25) is 4.79 Å². The Hall–Kier alpha value is -3.00. The Kier molecular flexibility index (Phi) is 7.84. The summed E-state index contributed by atoms with van der Waals surface area (Å²) in [5.41, 5.74) is 15.6. The fourth-order valence-electron chi connectivity index (χ4n) is 4.45. The largest absolute Gasteiger partial charge is 0.434 e. The molecule has 1 atom stereocenters. The van der Waals surface area contributed by atoms with Gasteiger partial charge in [-0.25, -0.2) is 4.21 Å². The van der Waals surface area contributed by atoms with Gasteiger partial charge in [0.25, 0.3) is 0 Å². The lowest BCUT2D eigenvalue weighted by atomic mass is 9.82. The number of hydrogen-bond donors (Lipinski definition) is 3.